The van der Waals surface area contributed by atoms with Crippen LogP contribution in [0.5, 0.6) is 11.9 Å². The molecule has 0 atom stereocenters. The van der Waals surface area contributed by atoms with Crippen molar-refractivity contribution in [1.82, 2.24) is 9.97 Å². The Labute approximate surface area is 131 Å². The predicted octanol–water partition coefficient (Wildman–Crippen LogP) is 2.30. The van der Waals surface area contributed by atoms with Crippen molar-refractivity contribution in [2.75, 3.05) is 19.5 Å². The Morgan fingerprint density at radius 1 is 1.32 bits per heavy atom. The molecule has 0 aliphatic carbocycles. The Balaban J connectivity index is 2.34. The van der Waals surface area contributed by atoms with E-state index in [2.05, 4.69) is 21.4 Å². The topological polar surface area (TPSA) is 97.1 Å². The summed E-state index contributed by atoms with van der Waals surface area (Å²) >= 11 is 1.35. The molecule has 1 N–H and O–H groups in total. The highest BCUT2D eigenvalue weighted by atomic mass is 32.1. The monoisotopic (exact) mass is 318 g/mol. The zero-order chi connectivity index (χ0) is 16.3. The fourth-order valence-electron chi connectivity index (χ4n) is 1.73. The summed E-state index contributed by atoms with van der Waals surface area (Å²) in [4.78, 5) is 21.2. The molecule has 0 bridgehead atoms. The van der Waals surface area contributed by atoms with Crippen LogP contribution in [0, 0.1) is 25.2 Å². The molecule has 0 unspecified atom stereocenters. The molecule has 1 amide bonds. The fraction of sp³-hybridized carbons (Fsp3) is 0.286. The number of aryl methyl sites for hydroxylation is 1. The van der Waals surface area contributed by atoms with Crippen LogP contribution < -0.4 is 14.8 Å². The molecule has 0 aliphatic rings. The number of carbonyl (C=O) groups is 1. The summed E-state index contributed by atoms with van der Waals surface area (Å²) in [6.07, 6.45) is 0. The van der Waals surface area contributed by atoms with Crippen molar-refractivity contribution in [3.05, 3.63) is 27.8 Å². The maximum absolute atomic E-state index is 12.3. The second-order valence-corrected chi connectivity index (χ2v) is 5.56. The number of nitriles is 1. The van der Waals surface area contributed by atoms with Crippen LogP contribution in [-0.2, 0) is 0 Å². The maximum atomic E-state index is 12.3. The first-order valence-corrected chi connectivity index (χ1v) is 7.10. The maximum Gasteiger partial charge on any atom is 0.320 e. The van der Waals surface area contributed by atoms with Crippen LogP contribution in [0.4, 0.5) is 5.00 Å². The van der Waals surface area contributed by atoms with E-state index in [1.54, 1.807) is 0 Å². The van der Waals surface area contributed by atoms with E-state index in [1.165, 1.54) is 31.6 Å². The molecule has 0 aromatic carbocycles. The minimum atomic E-state index is -0.461. The first-order valence-electron chi connectivity index (χ1n) is 6.28. The highest BCUT2D eigenvalue weighted by Gasteiger charge is 2.18. The Bertz CT molecular complexity index is 742. The van der Waals surface area contributed by atoms with Crippen molar-refractivity contribution < 1.29 is 14.3 Å². The van der Waals surface area contributed by atoms with E-state index in [9.17, 15) is 10.1 Å². The zero-order valence-electron chi connectivity index (χ0n) is 12.6. The lowest BCUT2D eigenvalue weighted by molar-refractivity contribution is 0.102. The Hall–Kier alpha value is -2.66. The van der Waals surface area contributed by atoms with E-state index >= 15 is 0 Å². The lowest BCUT2D eigenvalue weighted by Crippen LogP contribution is -2.14. The lowest BCUT2D eigenvalue weighted by Gasteiger charge is -2.06. The van der Waals surface area contributed by atoms with Gasteiger partial charge in [0.1, 0.15) is 16.8 Å². The number of ether oxygens (including phenoxy) is 2. The van der Waals surface area contributed by atoms with E-state index in [-0.39, 0.29) is 17.6 Å². The van der Waals surface area contributed by atoms with E-state index in [1.807, 2.05) is 13.8 Å². The normalized spacial score (nSPS) is 9.95. The summed E-state index contributed by atoms with van der Waals surface area (Å²) in [7, 11) is 2.83. The van der Waals surface area contributed by atoms with Gasteiger partial charge in [-0.05, 0) is 19.4 Å². The minimum absolute atomic E-state index is 0.0311. The molecule has 0 fully saturated rings. The number of rotatable bonds is 4. The number of amides is 1. The number of methoxy groups -OCH3 is 2. The predicted molar refractivity (Wildman–Crippen MR) is 81.6 cm³/mol. The molecule has 7 nitrogen and oxygen atoms in total. The van der Waals surface area contributed by atoms with Gasteiger partial charge in [0.15, 0.2) is 0 Å². The summed E-state index contributed by atoms with van der Waals surface area (Å²) in [5, 5.41) is 12.4. The first-order chi connectivity index (χ1) is 10.5. The van der Waals surface area contributed by atoms with Crippen molar-refractivity contribution in [3.8, 4) is 18.0 Å². The Morgan fingerprint density at radius 3 is 2.64 bits per heavy atom. The highest BCUT2D eigenvalue weighted by molar-refractivity contribution is 7.16. The quantitative estimate of drug-likeness (QED) is 0.929. The van der Waals surface area contributed by atoms with E-state index < -0.39 is 5.91 Å². The Kier molecular flexibility index (Phi) is 4.58. The number of nitrogens with one attached hydrogen (secondary N) is 1. The highest BCUT2D eigenvalue weighted by Crippen LogP contribution is 2.32. The molecule has 114 valence electrons. The molecule has 2 aromatic rings. The standard InChI is InChI=1S/C14H14N4O3S/c1-7-8(2)22-13(9(7)6-15)18-12(19)10-5-11(20-3)17-14(16-10)21-4/h5H,1-4H3,(H,18,19). The SMILES string of the molecule is COc1cc(C(=O)Nc2sc(C)c(C)c2C#N)nc(OC)n1. The van der Waals surface area contributed by atoms with Gasteiger partial charge in [0.25, 0.3) is 5.91 Å². The average molecular weight is 318 g/mol. The largest absolute Gasteiger partial charge is 0.481 e. The van der Waals surface area contributed by atoms with E-state index in [0.29, 0.717) is 10.6 Å². The molecule has 0 saturated heterocycles. The lowest BCUT2D eigenvalue weighted by atomic mass is 10.2. The van der Waals surface area contributed by atoms with Crippen molar-refractivity contribution in [2.45, 2.75) is 13.8 Å². The minimum Gasteiger partial charge on any atom is -0.481 e. The van der Waals surface area contributed by atoms with Gasteiger partial charge in [0.05, 0.1) is 19.8 Å². The van der Waals surface area contributed by atoms with Gasteiger partial charge in [-0.25, -0.2) is 0 Å². The van der Waals surface area contributed by atoms with Crippen LogP contribution >= 0.6 is 11.3 Å². The van der Waals surface area contributed by atoms with Gasteiger partial charge < -0.3 is 14.8 Å². The number of carbonyl (C=O) groups excluding carboxylic acids is 1. The fourth-order valence-corrected chi connectivity index (χ4v) is 2.74. The first kappa shape index (κ1) is 15.7. The van der Waals surface area contributed by atoms with Gasteiger partial charge >= 0.3 is 6.01 Å². The van der Waals surface area contributed by atoms with Gasteiger partial charge in [-0.1, -0.05) is 0 Å². The van der Waals surface area contributed by atoms with Gasteiger partial charge in [-0.2, -0.15) is 15.2 Å². The summed E-state index contributed by atoms with van der Waals surface area (Å²) in [5.74, 6) is -0.243. The summed E-state index contributed by atoms with van der Waals surface area (Å²) in [6.45, 7) is 3.74. The van der Waals surface area contributed by atoms with Crippen molar-refractivity contribution in [3.63, 3.8) is 0 Å². The van der Waals surface area contributed by atoms with Crippen LogP contribution in [0.3, 0.4) is 0 Å². The van der Waals surface area contributed by atoms with E-state index in [0.717, 1.165) is 10.4 Å². The Morgan fingerprint density at radius 2 is 2.05 bits per heavy atom. The van der Waals surface area contributed by atoms with Gasteiger partial charge in [-0.15, -0.1) is 11.3 Å². The molecule has 22 heavy (non-hydrogen) atoms. The average Bonchev–Trinajstić information content (AvgIpc) is 2.80. The van der Waals surface area contributed by atoms with Crippen molar-refractivity contribution in [1.29, 1.82) is 5.26 Å². The van der Waals surface area contributed by atoms with Crippen LogP contribution in [-0.4, -0.2) is 30.1 Å². The molecule has 0 aliphatic heterocycles. The number of hydrogen-bond acceptors (Lipinski definition) is 7. The molecule has 2 rings (SSSR count). The third-order valence-corrected chi connectivity index (χ3v) is 4.15. The number of thiophene rings is 1. The van der Waals surface area contributed by atoms with Gasteiger partial charge in [-0.3, -0.25) is 4.79 Å². The number of aromatic nitrogens is 2. The third kappa shape index (κ3) is 2.99. The zero-order valence-corrected chi connectivity index (χ0v) is 13.4. The molecular formula is C14H14N4O3S. The van der Waals surface area contributed by atoms with Crippen LogP contribution in [0.1, 0.15) is 26.5 Å². The number of hydrogen-bond donors (Lipinski definition) is 1. The second-order valence-electron chi connectivity index (χ2n) is 4.34. The summed E-state index contributed by atoms with van der Waals surface area (Å²) in [5.41, 5.74) is 1.42. The summed E-state index contributed by atoms with van der Waals surface area (Å²) in [6, 6.07) is 3.53. The van der Waals surface area contributed by atoms with Crippen LogP contribution in [0.15, 0.2) is 6.07 Å². The second kappa shape index (κ2) is 6.41. The molecule has 0 saturated carbocycles. The van der Waals surface area contributed by atoms with Crippen LogP contribution in [0.25, 0.3) is 0 Å². The smallest absolute Gasteiger partial charge is 0.320 e. The van der Waals surface area contributed by atoms with Crippen LogP contribution in [0.2, 0.25) is 0 Å². The van der Waals surface area contributed by atoms with Gasteiger partial charge in [0, 0.05) is 10.9 Å². The summed E-state index contributed by atoms with van der Waals surface area (Å²) < 4.78 is 9.94. The number of nitrogens with zero attached hydrogens (tertiary/aromatic N) is 3. The van der Waals surface area contributed by atoms with Gasteiger partial charge in [0.2, 0.25) is 5.88 Å². The molecule has 0 radical (unpaired) electrons. The number of anilines is 1. The third-order valence-electron chi connectivity index (χ3n) is 3.03. The van der Waals surface area contributed by atoms with Crippen molar-refractivity contribution in [2.24, 2.45) is 0 Å². The molecule has 0 spiro atoms. The molecule has 2 heterocycles. The molecule has 8 heteroatoms. The van der Waals surface area contributed by atoms with Crippen molar-refractivity contribution >= 4 is 22.2 Å². The van der Waals surface area contributed by atoms with E-state index in [4.69, 9.17) is 9.47 Å². The molecule has 2 aromatic heterocycles. The molecular weight excluding hydrogens is 304 g/mol.